The van der Waals surface area contributed by atoms with Gasteiger partial charge in [-0.05, 0) is 45.0 Å². The molecule has 1 N–H and O–H groups in total. The molecule has 0 radical (unpaired) electrons. The van der Waals surface area contributed by atoms with Crippen molar-refractivity contribution >= 4 is 45.9 Å². The second-order valence-corrected chi connectivity index (χ2v) is 7.94. The molecule has 140 valence electrons. The summed E-state index contributed by atoms with van der Waals surface area (Å²) in [6, 6.07) is 10.5. The van der Waals surface area contributed by atoms with Gasteiger partial charge in [0.15, 0.2) is 10.3 Å². The molecule has 6 nitrogen and oxygen atoms in total. The molecule has 3 rings (SSSR count). The average molecular weight is 403 g/mol. The van der Waals surface area contributed by atoms with E-state index in [4.69, 9.17) is 11.6 Å². The molecule has 0 aliphatic carbocycles. The average Bonchev–Trinajstić information content (AvgIpc) is 2.63. The molecule has 0 saturated carbocycles. The highest BCUT2D eigenvalue weighted by atomic mass is 35.5. The van der Waals surface area contributed by atoms with Crippen LogP contribution in [0, 0.1) is 0 Å². The molecule has 3 aromatic rings. The van der Waals surface area contributed by atoms with E-state index in [2.05, 4.69) is 15.3 Å². The number of hydrogen-bond acceptors (Lipinski definition) is 5. The van der Waals surface area contributed by atoms with Gasteiger partial charge in [-0.3, -0.25) is 14.2 Å². The minimum Gasteiger partial charge on any atom is -0.322 e. The molecular weight excluding hydrogens is 384 g/mol. The SMILES string of the molecule is CC(C)n1c(S[C@H](C)C(=O)Nc2cccnc2Cl)nc2ccccc2c1=O. The number of amides is 1. The molecule has 0 aliphatic heterocycles. The van der Waals surface area contributed by atoms with E-state index in [1.807, 2.05) is 26.0 Å². The highest BCUT2D eigenvalue weighted by Gasteiger charge is 2.21. The van der Waals surface area contributed by atoms with Crippen LogP contribution in [0.3, 0.4) is 0 Å². The Hall–Kier alpha value is -2.38. The van der Waals surface area contributed by atoms with Gasteiger partial charge in [-0.25, -0.2) is 9.97 Å². The Labute approximate surface area is 166 Å². The number of rotatable bonds is 5. The fraction of sp³-hybridized carbons (Fsp3) is 0.263. The predicted molar refractivity (Wildman–Crippen MR) is 110 cm³/mol. The van der Waals surface area contributed by atoms with Gasteiger partial charge in [0.2, 0.25) is 5.91 Å². The van der Waals surface area contributed by atoms with Gasteiger partial charge >= 0.3 is 0 Å². The van der Waals surface area contributed by atoms with Crippen molar-refractivity contribution in [2.45, 2.75) is 37.2 Å². The first kappa shape index (κ1) is 19.4. The fourth-order valence-corrected chi connectivity index (χ4v) is 3.80. The number of nitrogens with one attached hydrogen (secondary N) is 1. The summed E-state index contributed by atoms with van der Waals surface area (Å²) >= 11 is 7.23. The van der Waals surface area contributed by atoms with Crippen LogP contribution < -0.4 is 10.9 Å². The van der Waals surface area contributed by atoms with Gasteiger partial charge in [-0.1, -0.05) is 35.5 Å². The van der Waals surface area contributed by atoms with Gasteiger partial charge in [0.05, 0.1) is 21.8 Å². The maximum absolute atomic E-state index is 12.9. The van der Waals surface area contributed by atoms with Crippen molar-refractivity contribution < 1.29 is 4.79 Å². The molecule has 1 aromatic carbocycles. The Balaban J connectivity index is 1.91. The molecule has 27 heavy (non-hydrogen) atoms. The lowest BCUT2D eigenvalue weighted by Gasteiger charge is -2.18. The highest BCUT2D eigenvalue weighted by Crippen LogP contribution is 2.26. The summed E-state index contributed by atoms with van der Waals surface area (Å²) in [7, 11) is 0. The van der Waals surface area contributed by atoms with Gasteiger partial charge in [-0.15, -0.1) is 0 Å². The summed E-state index contributed by atoms with van der Waals surface area (Å²) in [6.07, 6.45) is 1.55. The number of nitrogens with zero attached hydrogens (tertiary/aromatic N) is 3. The molecule has 0 spiro atoms. The molecule has 2 heterocycles. The Bertz CT molecular complexity index is 1050. The van der Waals surface area contributed by atoms with Crippen LogP contribution in [-0.2, 0) is 4.79 Å². The third-order valence-corrected chi connectivity index (χ3v) is 5.33. The lowest BCUT2D eigenvalue weighted by atomic mass is 10.2. The van der Waals surface area contributed by atoms with Crippen LogP contribution in [0.2, 0.25) is 5.15 Å². The first-order chi connectivity index (χ1) is 12.9. The van der Waals surface area contributed by atoms with Gasteiger partial charge < -0.3 is 5.32 Å². The van der Waals surface area contributed by atoms with Crippen molar-refractivity contribution in [1.29, 1.82) is 0 Å². The van der Waals surface area contributed by atoms with Crippen molar-refractivity contribution in [3.05, 3.63) is 58.1 Å². The predicted octanol–water partition coefficient (Wildman–Crippen LogP) is 4.15. The van der Waals surface area contributed by atoms with Crippen LogP contribution >= 0.6 is 23.4 Å². The first-order valence-electron chi connectivity index (χ1n) is 8.47. The Morgan fingerprint density at radius 2 is 1.93 bits per heavy atom. The van der Waals surface area contributed by atoms with E-state index in [1.165, 1.54) is 11.8 Å². The van der Waals surface area contributed by atoms with Crippen LogP contribution in [-0.4, -0.2) is 25.7 Å². The smallest absolute Gasteiger partial charge is 0.262 e. The van der Waals surface area contributed by atoms with Crippen LogP contribution in [0.15, 0.2) is 52.5 Å². The minimum atomic E-state index is -0.487. The number of aromatic nitrogens is 3. The number of fused-ring (bicyclic) bond motifs is 1. The molecule has 0 aliphatic rings. The lowest BCUT2D eigenvalue weighted by Crippen LogP contribution is -2.28. The molecule has 2 aromatic heterocycles. The van der Waals surface area contributed by atoms with Crippen molar-refractivity contribution in [3.63, 3.8) is 0 Å². The monoisotopic (exact) mass is 402 g/mol. The summed E-state index contributed by atoms with van der Waals surface area (Å²) < 4.78 is 1.62. The summed E-state index contributed by atoms with van der Waals surface area (Å²) in [5.74, 6) is -0.243. The Morgan fingerprint density at radius 3 is 2.63 bits per heavy atom. The quantitative estimate of drug-likeness (QED) is 0.394. The molecule has 8 heteroatoms. The van der Waals surface area contributed by atoms with E-state index in [0.717, 1.165) is 0 Å². The zero-order valence-electron chi connectivity index (χ0n) is 15.1. The number of carbonyl (C=O) groups excluding carboxylic acids is 1. The molecule has 1 atom stereocenters. The van der Waals surface area contributed by atoms with E-state index < -0.39 is 5.25 Å². The van der Waals surface area contributed by atoms with Crippen LogP contribution in [0.4, 0.5) is 5.69 Å². The normalized spacial score (nSPS) is 12.3. The van der Waals surface area contributed by atoms with E-state index >= 15 is 0 Å². The topological polar surface area (TPSA) is 76.9 Å². The largest absolute Gasteiger partial charge is 0.322 e. The number of pyridine rings is 1. The molecule has 1 amide bonds. The van der Waals surface area contributed by atoms with Crippen LogP contribution in [0.1, 0.15) is 26.8 Å². The summed E-state index contributed by atoms with van der Waals surface area (Å²) in [4.78, 5) is 34.0. The molecule has 0 fully saturated rings. The first-order valence-corrected chi connectivity index (χ1v) is 9.73. The zero-order chi connectivity index (χ0) is 19.6. The second kappa shape index (κ2) is 8.10. The summed E-state index contributed by atoms with van der Waals surface area (Å²) in [5, 5.41) is 3.57. The molecule has 0 bridgehead atoms. The Kier molecular flexibility index (Phi) is 5.82. The second-order valence-electron chi connectivity index (χ2n) is 6.27. The van der Waals surface area contributed by atoms with Gasteiger partial charge in [0, 0.05) is 12.2 Å². The fourth-order valence-electron chi connectivity index (χ4n) is 2.59. The third kappa shape index (κ3) is 4.14. The third-order valence-electron chi connectivity index (χ3n) is 3.96. The number of anilines is 1. The number of para-hydroxylation sites is 1. The van der Waals surface area contributed by atoms with Crippen molar-refractivity contribution in [1.82, 2.24) is 14.5 Å². The number of benzene rings is 1. The van der Waals surface area contributed by atoms with E-state index in [9.17, 15) is 9.59 Å². The van der Waals surface area contributed by atoms with Crippen molar-refractivity contribution in [2.24, 2.45) is 0 Å². The molecular formula is C19H19ClN4O2S. The van der Waals surface area contributed by atoms with E-state index in [-0.39, 0.29) is 22.7 Å². The van der Waals surface area contributed by atoms with E-state index in [1.54, 1.807) is 42.0 Å². The van der Waals surface area contributed by atoms with Crippen LogP contribution in [0.5, 0.6) is 0 Å². The number of carbonyl (C=O) groups is 1. The summed E-state index contributed by atoms with van der Waals surface area (Å²) in [6.45, 7) is 5.60. The maximum atomic E-state index is 12.9. The van der Waals surface area contributed by atoms with Gasteiger partial charge in [0.25, 0.3) is 5.56 Å². The van der Waals surface area contributed by atoms with Crippen molar-refractivity contribution in [3.8, 4) is 0 Å². The minimum absolute atomic E-state index is 0.0832. The maximum Gasteiger partial charge on any atom is 0.262 e. The number of hydrogen-bond donors (Lipinski definition) is 1. The van der Waals surface area contributed by atoms with E-state index in [0.29, 0.717) is 21.7 Å². The number of halogens is 1. The standard InChI is InChI=1S/C19H19ClN4O2S/c1-11(2)24-18(26)13-7-4-5-8-14(13)23-19(24)27-12(3)17(25)22-15-9-6-10-21-16(15)20/h4-12H,1-3H3,(H,22,25)/t12-/m1/s1. The zero-order valence-corrected chi connectivity index (χ0v) is 16.7. The molecule has 0 saturated heterocycles. The number of thioether (sulfide) groups is 1. The highest BCUT2D eigenvalue weighted by molar-refractivity contribution is 8.00. The lowest BCUT2D eigenvalue weighted by molar-refractivity contribution is -0.115. The molecule has 0 unspecified atom stereocenters. The summed E-state index contributed by atoms with van der Waals surface area (Å²) in [5.41, 5.74) is 0.954. The van der Waals surface area contributed by atoms with Crippen LogP contribution in [0.25, 0.3) is 10.9 Å². The van der Waals surface area contributed by atoms with Crippen molar-refractivity contribution in [2.75, 3.05) is 5.32 Å². The van der Waals surface area contributed by atoms with Gasteiger partial charge in [0.1, 0.15) is 0 Å². The Morgan fingerprint density at radius 1 is 1.19 bits per heavy atom. The van der Waals surface area contributed by atoms with Gasteiger partial charge in [-0.2, -0.15) is 0 Å².